The summed E-state index contributed by atoms with van der Waals surface area (Å²) in [5, 5.41) is 0. The number of hydrogen-bond acceptors (Lipinski definition) is 3. The third-order valence-electron chi connectivity index (χ3n) is 7.22. The van der Waals surface area contributed by atoms with E-state index in [1.54, 1.807) is 4.90 Å². The van der Waals surface area contributed by atoms with Crippen LogP contribution in [-0.4, -0.2) is 17.4 Å². The second kappa shape index (κ2) is 8.67. The molecule has 2 N–H and O–H groups in total. The number of carbonyl (C=O) groups excluding carboxylic acids is 1. The molecule has 1 aromatic carbocycles. The largest absolute Gasteiger partial charge is 0.369 e. The highest BCUT2D eigenvalue weighted by Gasteiger charge is 2.49. The number of nitrogens with zero attached hydrogens (tertiary/aromatic N) is 2. The first-order chi connectivity index (χ1) is 13.7. The third kappa shape index (κ3) is 4.11. The summed E-state index contributed by atoms with van der Waals surface area (Å²) in [6.45, 7) is 0. The van der Waals surface area contributed by atoms with Gasteiger partial charge in [-0.15, -0.1) is 0 Å². The maximum Gasteiger partial charge on any atom is 0.261 e. The van der Waals surface area contributed by atoms with Crippen LogP contribution in [0, 0.1) is 11.8 Å². The fraction of sp³-hybridized carbons (Fsp3) is 0.667. The second-order valence-corrected chi connectivity index (χ2v) is 9.23. The topological polar surface area (TPSA) is 58.7 Å². The summed E-state index contributed by atoms with van der Waals surface area (Å²) in [5.41, 5.74) is 6.55. The molecule has 2 aliphatic carbocycles. The molecular formula is C24H35N3O. The molecule has 2 fully saturated rings. The number of para-hydroxylation sites is 1. The molecule has 1 amide bonds. The standard InChI is InChI=1S/C24H35N3O/c25-23-26-24(18-20-12-6-2-7-13-20,17-16-19-10-4-1-5-11-19)22(28)27(23)21-14-8-3-9-15-21/h3,8-9,14-15,19-20H,1-2,4-7,10-13,16-18H2,(H2,25,26)/t24-/m1/s1. The lowest BCUT2D eigenvalue weighted by atomic mass is 9.75. The first-order valence-electron chi connectivity index (χ1n) is 11.4. The predicted molar refractivity (Wildman–Crippen MR) is 115 cm³/mol. The SMILES string of the molecule is NC1=N[C@](CCC2CCCCC2)(CC2CCCCC2)C(=O)N1c1ccccc1. The normalized spacial score (nSPS) is 27.2. The number of carbonyl (C=O) groups is 1. The molecule has 2 saturated carbocycles. The third-order valence-corrected chi connectivity index (χ3v) is 7.22. The Kier molecular flexibility index (Phi) is 6.03. The first kappa shape index (κ1) is 19.5. The van der Waals surface area contributed by atoms with Crippen LogP contribution in [0.3, 0.4) is 0 Å². The molecule has 0 radical (unpaired) electrons. The average Bonchev–Trinajstić information content (AvgIpc) is 2.98. The Morgan fingerprint density at radius 1 is 0.929 bits per heavy atom. The number of hydrogen-bond donors (Lipinski definition) is 1. The van der Waals surface area contributed by atoms with Crippen molar-refractivity contribution in [2.75, 3.05) is 4.90 Å². The van der Waals surface area contributed by atoms with E-state index < -0.39 is 5.54 Å². The molecule has 28 heavy (non-hydrogen) atoms. The Morgan fingerprint density at radius 2 is 1.54 bits per heavy atom. The average molecular weight is 382 g/mol. The Balaban J connectivity index is 1.56. The molecule has 0 unspecified atom stereocenters. The van der Waals surface area contributed by atoms with E-state index in [2.05, 4.69) is 0 Å². The van der Waals surface area contributed by atoms with Crippen LogP contribution in [0.15, 0.2) is 35.3 Å². The molecule has 0 bridgehead atoms. The second-order valence-electron chi connectivity index (χ2n) is 9.23. The number of aliphatic imine (C=N–C) groups is 1. The van der Waals surface area contributed by atoms with Gasteiger partial charge in [0, 0.05) is 0 Å². The molecule has 1 heterocycles. The van der Waals surface area contributed by atoms with E-state index in [0.29, 0.717) is 11.9 Å². The van der Waals surface area contributed by atoms with Crippen molar-refractivity contribution in [1.82, 2.24) is 0 Å². The lowest BCUT2D eigenvalue weighted by Gasteiger charge is -2.33. The molecule has 1 atom stereocenters. The number of benzene rings is 1. The Hall–Kier alpha value is -1.84. The van der Waals surface area contributed by atoms with E-state index in [4.69, 9.17) is 10.7 Å². The van der Waals surface area contributed by atoms with Gasteiger partial charge in [0.05, 0.1) is 5.69 Å². The smallest absolute Gasteiger partial charge is 0.261 e. The van der Waals surface area contributed by atoms with Gasteiger partial charge in [0.1, 0.15) is 5.54 Å². The Morgan fingerprint density at radius 3 is 2.18 bits per heavy atom. The number of anilines is 1. The molecular weight excluding hydrogens is 346 g/mol. The highest BCUT2D eigenvalue weighted by molar-refractivity contribution is 6.23. The summed E-state index contributed by atoms with van der Waals surface area (Å²) in [7, 11) is 0. The van der Waals surface area contributed by atoms with Crippen LogP contribution in [0.2, 0.25) is 0 Å². The van der Waals surface area contributed by atoms with Gasteiger partial charge in [0.25, 0.3) is 5.91 Å². The van der Waals surface area contributed by atoms with Gasteiger partial charge in [-0.1, -0.05) is 82.4 Å². The van der Waals surface area contributed by atoms with E-state index in [0.717, 1.165) is 30.9 Å². The summed E-state index contributed by atoms with van der Waals surface area (Å²) in [5.74, 6) is 1.86. The Labute approximate surface area is 169 Å². The van der Waals surface area contributed by atoms with Crippen LogP contribution in [0.5, 0.6) is 0 Å². The molecule has 152 valence electrons. The van der Waals surface area contributed by atoms with Gasteiger partial charge in [-0.3, -0.25) is 4.79 Å². The van der Waals surface area contributed by atoms with Gasteiger partial charge in [0.2, 0.25) is 5.96 Å². The van der Waals surface area contributed by atoms with Gasteiger partial charge in [-0.2, -0.15) is 0 Å². The summed E-state index contributed by atoms with van der Waals surface area (Å²) >= 11 is 0. The molecule has 0 saturated heterocycles. The molecule has 0 spiro atoms. The highest BCUT2D eigenvalue weighted by atomic mass is 16.2. The van der Waals surface area contributed by atoms with Crippen LogP contribution in [0.25, 0.3) is 0 Å². The molecule has 1 aliphatic heterocycles. The maximum absolute atomic E-state index is 13.7. The zero-order valence-electron chi connectivity index (χ0n) is 17.1. The van der Waals surface area contributed by atoms with Gasteiger partial charge in [-0.25, -0.2) is 9.89 Å². The molecule has 4 heteroatoms. The summed E-state index contributed by atoms with van der Waals surface area (Å²) < 4.78 is 0. The fourth-order valence-electron chi connectivity index (χ4n) is 5.64. The van der Waals surface area contributed by atoms with Crippen LogP contribution in [-0.2, 0) is 4.79 Å². The van der Waals surface area contributed by atoms with E-state index in [1.165, 1.54) is 64.2 Å². The minimum Gasteiger partial charge on any atom is -0.369 e. The quantitative estimate of drug-likeness (QED) is 0.715. The molecule has 4 nitrogen and oxygen atoms in total. The van der Waals surface area contributed by atoms with Crippen LogP contribution < -0.4 is 10.6 Å². The van der Waals surface area contributed by atoms with Crippen molar-refractivity contribution in [2.24, 2.45) is 22.6 Å². The molecule has 1 aromatic rings. The van der Waals surface area contributed by atoms with Crippen molar-refractivity contribution < 1.29 is 4.79 Å². The minimum absolute atomic E-state index is 0.109. The summed E-state index contributed by atoms with van der Waals surface area (Å²) in [6.07, 6.45) is 15.9. The number of amides is 1. The lowest BCUT2D eigenvalue weighted by molar-refractivity contribution is -0.122. The maximum atomic E-state index is 13.7. The van der Waals surface area contributed by atoms with Gasteiger partial charge in [-0.05, 0) is 43.2 Å². The van der Waals surface area contributed by atoms with Crippen LogP contribution in [0.1, 0.15) is 83.5 Å². The number of guanidine groups is 1. The van der Waals surface area contributed by atoms with Crippen molar-refractivity contribution in [3.8, 4) is 0 Å². The van der Waals surface area contributed by atoms with Crippen molar-refractivity contribution >= 4 is 17.6 Å². The predicted octanol–water partition coefficient (Wildman–Crippen LogP) is 5.42. The van der Waals surface area contributed by atoms with Crippen molar-refractivity contribution in [3.63, 3.8) is 0 Å². The fourth-order valence-corrected chi connectivity index (χ4v) is 5.64. The van der Waals surface area contributed by atoms with E-state index in [1.807, 2.05) is 30.3 Å². The number of nitrogens with two attached hydrogens (primary N) is 1. The zero-order chi connectivity index (χ0) is 19.4. The van der Waals surface area contributed by atoms with Crippen molar-refractivity contribution in [1.29, 1.82) is 0 Å². The van der Waals surface area contributed by atoms with E-state index in [-0.39, 0.29) is 5.91 Å². The van der Waals surface area contributed by atoms with Gasteiger partial charge < -0.3 is 5.73 Å². The summed E-state index contributed by atoms with van der Waals surface area (Å²) in [6, 6.07) is 9.80. The zero-order valence-corrected chi connectivity index (χ0v) is 17.1. The van der Waals surface area contributed by atoms with Gasteiger partial charge in [0.15, 0.2) is 0 Å². The van der Waals surface area contributed by atoms with E-state index >= 15 is 0 Å². The van der Waals surface area contributed by atoms with Crippen LogP contribution in [0.4, 0.5) is 5.69 Å². The molecule has 4 rings (SSSR count). The minimum atomic E-state index is -0.640. The summed E-state index contributed by atoms with van der Waals surface area (Å²) in [4.78, 5) is 20.3. The lowest BCUT2D eigenvalue weighted by Crippen LogP contribution is -2.45. The van der Waals surface area contributed by atoms with Crippen molar-refractivity contribution in [3.05, 3.63) is 30.3 Å². The highest BCUT2D eigenvalue weighted by Crippen LogP contribution is 2.41. The van der Waals surface area contributed by atoms with Crippen molar-refractivity contribution in [2.45, 2.75) is 89.0 Å². The van der Waals surface area contributed by atoms with Crippen LogP contribution >= 0.6 is 0 Å². The molecule has 0 aromatic heterocycles. The number of rotatable bonds is 6. The first-order valence-corrected chi connectivity index (χ1v) is 11.4. The van der Waals surface area contributed by atoms with E-state index in [9.17, 15) is 4.79 Å². The molecule has 3 aliphatic rings. The monoisotopic (exact) mass is 381 g/mol. The Bertz CT molecular complexity index is 689. The van der Waals surface area contributed by atoms with Gasteiger partial charge >= 0.3 is 0 Å².